The van der Waals surface area contributed by atoms with Crippen LogP contribution in [0.1, 0.15) is 24.8 Å². The van der Waals surface area contributed by atoms with Crippen molar-refractivity contribution < 1.29 is 18.0 Å². The molecule has 104 valence electrons. The van der Waals surface area contributed by atoms with E-state index in [9.17, 15) is 18.0 Å². The third-order valence-corrected chi connectivity index (χ3v) is 3.73. The van der Waals surface area contributed by atoms with Gasteiger partial charge in [0.1, 0.15) is 5.82 Å². The van der Waals surface area contributed by atoms with Crippen LogP contribution in [0.2, 0.25) is 0 Å². The quantitative estimate of drug-likeness (QED) is 0.897. The molecular formula is C13H13BrF3NO. The number of alkyl halides is 2. The third-order valence-electron chi connectivity index (χ3n) is 3.24. The molecule has 1 atom stereocenters. The van der Waals surface area contributed by atoms with Gasteiger partial charge in [0.15, 0.2) is 0 Å². The van der Waals surface area contributed by atoms with E-state index in [1.807, 2.05) is 0 Å². The van der Waals surface area contributed by atoms with Crippen molar-refractivity contribution in [3.63, 3.8) is 0 Å². The van der Waals surface area contributed by atoms with E-state index in [4.69, 9.17) is 0 Å². The highest BCUT2D eigenvalue weighted by Gasteiger charge is 2.42. The van der Waals surface area contributed by atoms with Crippen LogP contribution in [0, 0.1) is 11.7 Å². The van der Waals surface area contributed by atoms with Crippen molar-refractivity contribution >= 4 is 21.8 Å². The zero-order valence-electron chi connectivity index (χ0n) is 10.1. The molecule has 1 aliphatic carbocycles. The Bertz CT molecular complexity index is 493. The van der Waals surface area contributed by atoms with Gasteiger partial charge in [-0.15, -0.1) is 0 Å². The van der Waals surface area contributed by atoms with E-state index in [0.717, 1.165) is 0 Å². The Morgan fingerprint density at radius 3 is 2.84 bits per heavy atom. The molecule has 19 heavy (non-hydrogen) atoms. The summed E-state index contributed by atoms with van der Waals surface area (Å²) in [4.78, 5) is 11.7. The van der Waals surface area contributed by atoms with E-state index in [1.54, 1.807) is 12.1 Å². The lowest BCUT2D eigenvalue weighted by molar-refractivity contribution is -0.125. The number of carbonyl (C=O) groups excluding carboxylic acids is 1. The molecule has 1 fully saturated rings. The average Bonchev–Trinajstić information content (AvgIpc) is 2.70. The first kappa shape index (κ1) is 14.4. The second-order valence-electron chi connectivity index (χ2n) is 4.75. The first-order valence-electron chi connectivity index (χ1n) is 5.97. The summed E-state index contributed by atoms with van der Waals surface area (Å²) in [6.07, 6.45) is -0.490. The molecule has 6 heteroatoms. The summed E-state index contributed by atoms with van der Waals surface area (Å²) >= 11 is 3.21. The predicted molar refractivity (Wildman–Crippen MR) is 68.2 cm³/mol. The highest BCUT2D eigenvalue weighted by atomic mass is 79.9. The molecule has 2 nitrogen and oxygen atoms in total. The minimum Gasteiger partial charge on any atom is -0.352 e. The molecule has 0 bridgehead atoms. The fourth-order valence-corrected chi connectivity index (χ4v) is 2.59. The maximum absolute atomic E-state index is 13.4. The molecule has 1 aromatic carbocycles. The van der Waals surface area contributed by atoms with Crippen LogP contribution in [-0.2, 0) is 11.3 Å². The molecule has 1 unspecified atom stereocenters. The lowest BCUT2D eigenvalue weighted by atomic mass is 10.1. The van der Waals surface area contributed by atoms with Crippen molar-refractivity contribution in [3.8, 4) is 0 Å². The SMILES string of the molecule is O=C(NCc1cc(Br)ccc1F)C1CCC(F)(F)C1. The van der Waals surface area contributed by atoms with Gasteiger partial charge in [-0.3, -0.25) is 4.79 Å². The molecule has 0 heterocycles. The van der Waals surface area contributed by atoms with E-state index in [1.165, 1.54) is 6.07 Å². The molecule has 1 aromatic rings. The molecule has 0 spiro atoms. The number of halogens is 4. The van der Waals surface area contributed by atoms with Crippen LogP contribution in [0.4, 0.5) is 13.2 Å². The van der Waals surface area contributed by atoms with Gasteiger partial charge in [0.05, 0.1) is 0 Å². The van der Waals surface area contributed by atoms with E-state index in [-0.39, 0.29) is 19.4 Å². The van der Waals surface area contributed by atoms with Crippen LogP contribution in [0.25, 0.3) is 0 Å². The second-order valence-corrected chi connectivity index (χ2v) is 5.66. The van der Waals surface area contributed by atoms with Crippen molar-refractivity contribution in [1.82, 2.24) is 5.32 Å². The number of benzene rings is 1. The first-order valence-corrected chi connectivity index (χ1v) is 6.76. The Labute approximate surface area is 117 Å². The summed E-state index contributed by atoms with van der Waals surface area (Å²) in [6.45, 7) is 0.00613. The van der Waals surface area contributed by atoms with Crippen LogP contribution in [-0.4, -0.2) is 11.8 Å². The van der Waals surface area contributed by atoms with Gasteiger partial charge in [0.25, 0.3) is 0 Å². The summed E-state index contributed by atoms with van der Waals surface area (Å²) in [7, 11) is 0. The maximum Gasteiger partial charge on any atom is 0.248 e. The Hall–Kier alpha value is -1.04. The van der Waals surface area contributed by atoms with Gasteiger partial charge in [-0.2, -0.15) is 0 Å². The molecule has 0 aromatic heterocycles. The smallest absolute Gasteiger partial charge is 0.248 e. The minimum absolute atomic E-state index is 0.00613. The lowest BCUT2D eigenvalue weighted by Crippen LogP contribution is -2.30. The van der Waals surface area contributed by atoms with Crippen molar-refractivity contribution in [2.24, 2.45) is 5.92 Å². The summed E-state index contributed by atoms with van der Waals surface area (Å²) in [5.74, 6) is -4.29. The molecule has 2 rings (SSSR count). The monoisotopic (exact) mass is 335 g/mol. The first-order chi connectivity index (χ1) is 8.87. The largest absolute Gasteiger partial charge is 0.352 e. The predicted octanol–water partition coefficient (Wildman–Crippen LogP) is 3.64. The zero-order valence-corrected chi connectivity index (χ0v) is 11.6. The maximum atomic E-state index is 13.4. The van der Waals surface area contributed by atoms with Crippen molar-refractivity contribution in [2.75, 3.05) is 0 Å². The Morgan fingerprint density at radius 1 is 1.47 bits per heavy atom. The summed E-state index contributed by atoms with van der Waals surface area (Å²) in [5, 5.41) is 2.51. The van der Waals surface area contributed by atoms with Gasteiger partial charge in [-0.05, 0) is 24.6 Å². The van der Waals surface area contributed by atoms with E-state index in [0.29, 0.717) is 10.0 Å². The molecule has 0 saturated heterocycles. The third kappa shape index (κ3) is 3.72. The molecule has 0 aliphatic heterocycles. The van der Waals surface area contributed by atoms with Crippen molar-refractivity contribution in [3.05, 3.63) is 34.1 Å². The van der Waals surface area contributed by atoms with Gasteiger partial charge >= 0.3 is 0 Å². The standard InChI is InChI=1S/C13H13BrF3NO/c14-10-1-2-11(15)9(5-10)7-18-12(19)8-3-4-13(16,17)6-8/h1-2,5,8H,3-4,6-7H2,(H,18,19). The number of carbonyl (C=O) groups is 1. The Kier molecular flexibility index (Phi) is 4.18. The molecule has 1 amide bonds. The van der Waals surface area contributed by atoms with Crippen LogP contribution >= 0.6 is 15.9 Å². The highest BCUT2D eigenvalue weighted by Crippen LogP contribution is 2.38. The fourth-order valence-electron chi connectivity index (χ4n) is 2.18. The Morgan fingerprint density at radius 2 is 2.21 bits per heavy atom. The van der Waals surface area contributed by atoms with Crippen LogP contribution in [0.15, 0.2) is 22.7 Å². The van der Waals surface area contributed by atoms with Gasteiger partial charge in [-0.25, -0.2) is 13.2 Å². The minimum atomic E-state index is -2.75. The van der Waals surface area contributed by atoms with Gasteiger partial charge in [-0.1, -0.05) is 15.9 Å². The van der Waals surface area contributed by atoms with Crippen molar-refractivity contribution in [1.29, 1.82) is 0 Å². The lowest BCUT2D eigenvalue weighted by Gasteiger charge is -2.12. The number of nitrogens with one attached hydrogen (secondary N) is 1. The average molecular weight is 336 g/mol. The number of rotatable bonds is 3. The van der Waals surface area contributed by atoms with Crippen molar-refractivity contribution in [2.45, 2.75) is 31.7 Å². The number of amides is 1. The summed E-state index contributed by atoms with van der Waals surface area (Å²) in [5.41, 5.74) is 0.326. The van der Waals surface area contributed by atoms with Crippen LogP contribution < -0.4 is 5.32 Å². The number of hydrogen-bond acceptors (Lipinski definition) is 1. The summed E-state index contributed by atoms with van der Waals surface area (Å²) in [6, 6.07) is 4.40. The van der Waals surface area contributed by atoms with E-state index < -0.39 is 30.0 Å². The molecule has 1 saturated carbocycles. The Balaban J connectivity index is 1.92. The molecular weight excluding hydrogens is 323 g/mol. The van der Waals surface area contributed by atoms with Crippen LogP contribution in [0.5, 0.6) is 0 Å². The highest BCUT2D eigenvalue weighted by molar-refractivity contribution is 9.10. The topological polar surface area (TPSA) is 29.1 Å². The normalized spacial score (nSPS) is 21.4. The molecule has 1 aliphatic rings. The van der Waals surface area contributed by atoms with Gasteiger partial charge < -0.3 is 5.32 Å². The molecule has 1 N–H and O–H groups in total. The second kappa shape index (κ2) is 5.53. The zero-order chi connectivity index (χ0) is 14.0. The fraction of sp³-hybridized carbons (Fsp3) is 0.462. The number of hydrogen-bond donors (Lipinski definition) is 1. The van der Waals surface area contributed by atoms with Crippen LogP contribution in [0.3, 0.4) is 0 Å². The van der Waals surface area contributed by atoms with Gasteiger partial charge in [0, 0.05) is 35.3 Å². The van der Waals surface area contributed by atoms with E-state index >= 15 is 0 Å². The van der Waals surface area contributed by atoms with Gasteiger partial charge in [0.2, 0.25) is 11.8 Å². The van der Waals surface area contributed by atoms with E-state index in [2.05, 4.69) is 21.2 Å². The summed E-state index contributed by atoms with van der Waals surface area (Å²) < 4.78 is 40.1. The molecule has 0 radical (unpaired) electrons.